The molecule has 4 heteroatoms. The minimum Gasteiger partial charge on any atom is -0.506 e. The summed E-state index contributed by atoms with van der Waals surface area (Å²) in [4.78, 5) is 4.05. The third-order valence-electron chi connectivity index (χ3n) is 2.36. The molecule has 3 N–H and O–H groups in total. The van der Waals surface area contributed by atoms with E-state index in [0.29, 0.717) is 12.5 Å². The molecule has 0 saturated heterocycles. The number of aliphatic hydroxyl groups is 1. The van der Waals surface area contributed by atoms with Crippen LogP contribution in [0, 0.1) is 5.92 Å². The van der Waals surface area contributed by atoms with E-state index in [1.54, 1.807) is 12.1 Å². The van der Waals surface area contributed by atoms with E-state index in [4.69, 9.17) is 10.2 Å². The van der Waals surface area contributed by atoms with Crippen LogP contribution in [0.2, 0.25) is 0 Å². The van der Waals surface area contributed by atoms with Gasteiger partial charge in [-0.05, 0) is 18.1 Å². The number of nitrogens with zero attached hydrogens (tertiary/aromatic N) is 1. The predicted octanol–water partition coefficient (Wildman–Crippen LogP) is 0.894. The Balaban J connectivity index is 2.45. The zero-order valence-electron chi connectivity index (χ0n) is 9.14. The first-order valence-electron chi connectivity index (χ1n) is 5.11. The fourth-order valence-electron chi connectivity index (χ4n) is 1.27. The Morgan fingerprint density at radius 1 is 1.40 bits per heavy atom. The van der Waals surface area contributed by atoms with Crippen LogP contribution >= 0.6 is 0 Å². The molecule has 4 nitrogen and oxygen atoms in total. The van der Waals surface area contributed by atoms with Gasteiger partial charge < -0.3 is 15.5 Å². The molecule has 0 radical (unpaired) electrons. The molecule has 1 atom stereocenters. The van der Waals surface area contributed by atoms with Crippen molar-refractivity contribution in [3.05, 3.63) is 24.0 Å². The summed E-state index contributed by atoms with van der Waals surface area (Å²) in [5.41, 5.74) is 0.854. The summed E-state index contributed by atoms with van der Waals surface area (Å²) in [7, 11) is 0. The van der Waals surface area contributed by atoms with E-state index in [9.17, 15) is 0 Å². The van der Waals surface area contributed by atoms with Crippen LogP contribution in [-0.2, 0) is 6.54 Å². The lowest BCUT2D eigenvalue weighted by Gasteiger charge is -2.19. The van der Waals surface area contributed by atoms with Crippen molar-refractivity contribution in [2.24, 2.45) is 5.92 Å². The van der Waals surface area contributed by atoms with Crippen LogP contribution < -0.4 is 5.32 Å². The molecule has 0 aliphatic rings. The van der Waals surface area contributed by atoms with Crippen LogP contribution in [0.15, 0.2) is 18.3 Å². The van der Waals surface area contributed by atoms with Crippen LogP contribution in [0.5, 0.6) is 5.75 Å². The molecule has 0 amide bonds. The van der Waals surface area contributed by atoms with Crippen molar-refractivity contribution < 1.29 is 10.2 Å². The molecule has 1 aromatic heterocycles. The number of aromatic hydroxyl groups is 1. The number of hydrogen-bond acceptors (Lipinski definition) is 4. The summed E-state index contributed by atoms with van der Waals surface area (Å²) in [6, 6.07) is 3.45. The lowest BCUT2D eigenvalue weighted by molar-refractivity contribution is 0.209. The van der Waals surface area contributed by atoms with Gasteiger partial charge >= 0.3 is 0 Å². The Morgan fingerprint density at radius 3 is 2.60 bits per heavy atom. The first-order valence-corrected chi connectivity index (χ1v) is 5.11. The smallest absolute Gasteiger partial charge is 0.133 e. The average molecular weight is 210 g/mol. The highest BCUT2D eigenvalue weighted by Gasteiger charge is 2.10. The predicted molar refractivity (Wildman–Crippen MR) is 58.5 cm³/mol. The number of aromatic nitrogens is 1. The molecule has 1 heterocycles. The number of pyridine rings is 1. The standard InChI is InChI=1S/C11H18N2O2/c1-8(2)11(7-14)13-5-9-3-4-10(15)6-12-9/h3-4,6,8,11,13-15H,5,7H2,1-2H3. The molecule has 1 unspecified atom stereocenters. The lowest BCUT2D eigenvalue weighted by atomic mass is 10.1. The average Bonchev–Trinajstić information content (AvgIpc) is 2.21. The van der Waals surface area contributed by atoms with Crippen molar-refractivity contribution in [2.45, 2.75) is 26.4 Å². The Morgan fingerprint density at radius 2 is 2.13 bits per heavy atom. The fraction of sp³-hybridized carbons (Fsp3) is 0.545. The van der Waals surface area contributed by atoms with Gasteiger partial charge in [0.25, 0.3) is 0 Å². The van der Waals surface area contributed by atoms with Crippen molar-refractivity contribution >= 4 is 0 Å². The Hall–Kier alpha value is -1.13. The SMILES string of the molecule is CC(C)C(CO)NCc1ccc(O)cn1. The van der Waals surface area contributed by atoms with Crippen LogP contribution in [0.1, 0.15) is 19.5 Å². The summed E-state index contributed by atoms with van der Waals surface area (Å²) in [6.07, 6.45) is 1.42. The van der Waals surface area contributed by atoms with Crippen molar-refractivity contribution in [1.82, 2.24) is 10.3 Å². The maximum absolute atomic E-state index is 9.10. The van der Waals surface area contributed by atoms with Gasteiger partial charge in [-0.3, -0.25) is 4.98 Å². The molecule has 15 heavy (non-hydrogen) atoms. The number of rotatable bonds is 5. The normalized spacial score (nSPS) is 13.1. The zero-order chi connectivity index (χ0) is 11.3. The topological polar surface area (TPSA) is 65.4 Å². The molecule has 0 aliphatic heterocycles. The molecule has 84 valence electrons. The second-order valence-corrected chi connectivity index (χ2v) is 3.92. The van der Waals surface area contributed by atoms with E-state index in [-0.39, 0.29) is 18.4 Å². The molecule has 1 rings (SSSR count). The van der Waals surface area contributed by atoms with Gasteiger partial charge in [-0.25, -0.2) is 0 Å². The van der Waals surface area contributed by atoms with Crippen molar-refractivity contribution in [3.8, 4) is 5.75 Å². The second-order valence-electron chi connectivity index (χ2n) is 3.92. The maximum atomic E-state index is 9.10. The molecule has 0 aliphatic carbocycles. The Kier molecular flexibility index (Phi) is 4.52. The summed E-state index contributed by atoms with van der Waals surface area (Å²) in [6.45, 7) is 4.83. The first-order chi connectivity index (χ1) is 7.13. The summed E-state index contributed by atoms with van der Waals surface area (Å²) in [5.74, 6) is 0.549. The van der Waals surface area contributed by atoms with Gasteiger partial charge in [-0.2, -0.15) is 0 Å². The summed E-state index contributed by atoms with van der Waals surface area (Å²) in [5, 5.41) is 21.4. The van der Waals surface area contributed by atoms with Crippen LogP contribution in [0.25, 0.3) is 0 Å². The van der Waals surface area contributed by atoms with Gasteiger partial charge in [0, 0.05) is 12.6 Å². The molecular weight excluding hydrogens is 192 g/mol. The quantitative estimate of drug-likeness (QED) is 0.675. The summed E-state index contributed by atoms with van der Waals surface area (Å²) < 4.78 is 0. The minimum atomic E-state index is 0.0839. The van der Waals surface area contributed by atoms with Crippen molar-refractivity contribution in [3.63, 3.8) is 0 Å². The van der Waals surface area contributed by atoms with E-state index >= 15 is 0 Å². The Labute approximate surface area is 90.0 Å². The zero-order valence-corrected chi connectivity index (χ0v) is 9.14. The fourth-order valence-corrected chi connectivity index (χ4v) is 1.27. The van der Waals surface area contributed by atoms with Gasteiger partial charge in [-0.1, -0.05) is 13.8 Å². The van der Waals surface area contributed by atoms with E-state index in [0.717, 1.165) is 5.69 Å². The molecule has 0 spiro atoms. The third kappa shape index (κ3) is 3.85. The van der Waals surface area contributed by atoms with Gasteiger partial charge in [0.2, 0.25) is 0 Å². The van der Waals surface area contributed by atoms with E-state index < -0.39 is 0 Å². The second kappa shape index (κ2) is 5.68. The van der Waals surface area contributed by atoms with Crippen LogP contribution in [0.4, 0.5) is 0 Å². The van der Waals surface area contributed by atoms with Gasteiger partial charge in [0.05, 0.1) is 18.5 Å². The minimum absolute atomic E-state index is 0.0839. The number of nitrogens with one attached hydrogen (secondary N) is 1. The van der Waals surface area contributed by atoms with Crippen molar-refractivity contribution in [1.29, 1.82) is 0 Å². The van der Waals surface area contributed by atoms with E-state index in [2.05, 4.69) is 24.1 Å². The largest absolute Gasteiger partial charge is 0.506 e. The molecule has 0 saturated carbocycles. The molecule has 1 aromatic rings. The summed E-state index contributed by atoms with van der Waals surface area (Å²) >= 11 is 0. The monoisotopic (exact) mass is 210 g/mol. The molecule has 0 aromatic carbocycles. The number of hydrogen-bond donors (Lipinski definition) is 3. The molecule has 0 fully saturated rings. The highest BCUT2D eigenvalue weighted by atomic mass is 16.3. The van der Waals surface area contributed by atoms with Crippen LogP contribution in [-0.4, -0.2) is 27.8 Å². The first kappa shape index (κ1) is 11.9. The van der Waals surface area contributed by atoms with Crippen molar-refractivity contribution in [2.75, 3.05) is 6.61 Å². The van der Waals surface area contributed by atoms with Crippen LogP contribution in [0.3, 0.4) is 0 Å². The number of aliphatic hydroxyl groups excluding tert-OH is 1. The highest BCUT2D eigenvalue weighted by Crippen LogP contribution is 2.07. The van der Waals surface area contributed by atoms with Gasteiger partial charge in [0.1, 0.15) is 5.75 Å². The van der Waals surface area contributed by atoms with Gasteiger partial charge in [0.15, 0.2) is 0 Å². The third-order valence-corrected chi connectivity index (χ3v) is 2.36. The molecule has 0 bridgehead atoms. The molecular formula is C11H18N2O2. The maximum Gasteiger partial charge on any atom is 0.133 e. The van der Waals surface area contributed by atoms with E-state index in [1.807, 2.05) is 0 Å². The van der Waals surface area contributed by atoms with Gasteiger partial charge in [-0.15, -0.1) is 0 Å². The van der Waals surface area contributed by atoms with E-state index in [1.165, 1.54) is 6.20 Å². The lowest BCUT2D eigenvalue weighted by Crippen LogP contribution is -2.36. The highest BCUT2D eigenvalue weighted by molar-refractivity contribution is 5.17. The Bertz CT molecular complexity index is 285.